The fourth-order valence-electron chi connectivity index (χ4n) is 3.22. The number of hydrogen-bond acceptors (Lipinski definition) is 2. The second kappa shape index (κ2) is 8.11. The van der Waals surface area contributed by atoms with Gasteiger partial charge in [0.2, 0.25) is 0 Å². The average molecular weight is 294 g/mol. The van der Waals surface area contributed by atoms with E-state index < -0.39 is 0 Å². The summed E-state index contributed by atoms with van der Waals surface area (Å²) in [5, 5.41) is 7.41. The van der Waals surface area contributed by atoms with Crippen molar-refractivity contribution in [2.45, 2.75) is 50.9 Å². The van der Waals surface area contributed by atoms with Crippen LogP contribution in [0.3, 0.4) is 0 Å². The van der Waals surface area contributed by atoms with Gasteiger partial charge in [-0.3, -0.25) is 0 Å². The lowest BCUT2D eigenvalue weighted by Crippen LogP contribution is -2.39. The van der Waals surface area contributed by atoms with Crippen LogP contribution in [0.2, 0.25) is 0 Å². The van der Waals surface area contributed by atoms with Crippen LogP contribution in [0.5, 0.6) is 0 Å². The Morgan fingerprint density at radius 2 is 0.955 bits per heavy atom. The van der Waals surface area contributed by atoms with Crippen molar-refractivity contribution in [3.63, 3.8) is 0 Å². The molecule has 1 saturated carbocycles. The highest BCUT2D eigenvalue weighted by molar-refractivity contribution is 5.15. The minimum Gasteiger partial charge on any atom is -0.310 e. The molecule has 116 valence electrons. The van der Waals surface area contributed by atoms with Crippen LogP contribution in [-0.2, 0) is 13.1 Å². The molecule has 0 unspecified atom stereocenters. The molecule has 0 bridgehead atoms. The van der Waals surface area contributed by atoms with E-state index in [2.05, 4.69) is 71.3 Å². The molecule has 0 amide bonds. The van der Waals surface area contributed by atoms with Gasteiger partial charge in [0.15, 0.2) is 0 Å². The first-order chi connectivity index (χ1) is 10.9. The van der Waals surface area contributed by atoms with Crippen LogP contribution in [0.4, 0.5) is 0 Å². The van der Waals surface area contributed by atoms with E-state index in [9.17, 15) is 0 Å². The summed E-state index contributed by atoms with van der Waals surface area (Å²) in [4.78, 5) is 0. The van der Waals surface area contributed by atoms with Crippen molar-refractivity contribution in [1.82, 2.24) is 10.6 Å². The van der Waals surface area contributed by atoms with Gasteiger partial charge in [0, 0.05) is 25.2 Å². The topological polar surface area (TPSA) is 24.1 Å². The minimum absolute atomic E-state index is 0.676. The Bertz CT molecular complexity index is 479. The summed E-state index contributed by atoms with van der Waals surface area (Å²) in [6.07, 6.45) is 5.11. The highest BCUT2D eigenvalue weighted by atomic mass is 14.9. The monoisotopic (exact) mass is 294 g/mol. The SMILES string of the molecule is c1ccc(CNC2CCC(NCc3ccccc3)CC2)cc1. The van der Waals surface area contributed by atoms with Gasteiger partial charge in [0.1, 0.15) is 0 Å². The van der Waals surface area contributed by atoms with Gasteiger partial charge in [-0.2, -0.15) is 0 Å². The first kappa shape index (κ1) is 15.3. The molecule has 3 rings (SSSR count). The van der Waals surface area contributed by atoms with Crippen LogP contribution in [0.25, 0.3) is 0 Å². The third kappa shape index (κ3) is 4.69. The number of hydrogen-bond donors (Lipinski definition) is 2. The largest absolute Gasteiger partial charge is 0.310 e. The maximum atomic E-state index is 3.70. The summed E-state index contributed by atoms with van der Waals surface area (Å²) in [6.45, 7) is 1.99. The van der Waals surface area contributed by atoms with Gasteiger partial charge >= 0.3 is 0 Å². The van der Waals surface area contributed by atoms with Crippen molar-refractivity contribution in [2.24, 2.45) is 0 Å². The molecule has 0 atom stereocenters. The summed E-state index contributed by atoms with van der Waals surface area (Å²) < 4.78 is 0. The third-order valence-corrected chi connectivity index (χ3v) is 4.60. The van der Waals surface area contributed by atoms with Gasteiger partial charge < -0.3 is 10.6 Å². The van der Waals surface area contributed by atoms with Gasteiger partial charge in [-0.1, -0.05) is 60.7 Å². The Labute approximate surface area is 134 Å². The van der Waals surface area contributed by atoms with E-state index in [-0.39, 0.29) is 0 Å². The predicted octanol–water partition coefficient (Wildman–Crippen LogP) is 3.88. The van der Waals surface area contributed by atoms with Gasteiger partial charge in [-0.25, -0.2) is 0 Å². The Kier molecular flexibility index (Phi) is 5.63. The molecule has 22 heavy (non-hydrogen) atoms. The van der Waals surface area contributed by atoms with E-state index >= 15 is 0 Å². The van der Waals surface area contributed by atoms with Crippen molar-refractivity contribution in [1.29, 1.82) is 0 Å². The second-order valence-corrected chi connectivity index (χ2v) is 6.28. The molecule has 2 nitrogen and oxygen atoms in total. The molecule has 0 heterocycles. The zero-order valence-corrected chi connectivity index (χ0v) is 13.2. The van der Waals surface area contributed by atoms with E-state index in [0.717, 1.165) is 13.1 Å². The molecule has 0 saturated heterocycles. The summed E-state index contributed by atoms with van der Waals surface area (Å²) in [7, 11) is 0. The molecule has 0 aromatic heterocycles. The zero-order valence-electron chi connectivity index (χ0n) is 13.2. The highest BCUT2D eigenvalue weighted by Crippen LogP contribution is 2.19. The summed E-state index contributed by atoms with van der Waals surface area (Å²) in [5.41, 5.74) is 2.76. The molecule has 2 heteroatoms. The number of rotatable bonds is 6. The van der Waals surface area contributed by atoms with E-state index in [1.54, 1.807) is 0 Å². The fraction of sp³-hybridized carbons (Fsp3) is 0.400. The molecule has 0 radical (unpaired) electrons. The molecule has 2 N–H and O–H groups in total. The first-order valence-corrected chi connectivity index (χ1v) is 8.45. The molecule has 1 fully saturated rings. The third-order valence-electron chi connectivity index (χ3n) is 4.60. The minimum atomic E-state index is 0.676. The maximum Gasteiger partial charge on any atom is 0.0208 e. The second-order valence-electron chi connectivity index (χ2n) is 6.28. The van der Waals surface area contributed by atoms with Crippen LogP contribution in [0, 0.1) is 0 Å². The molecule has 2 aromatic rings. The van der Waals surface area contributed by atoms with E-state index in [0.29, 0.717) is 12.1 Å². The lowest BCUT2D eigenvalue weighted by Gasteiger charge is -2.30. The van der Waals surface area contributed by atoms with E-state index in [1.807, 2.05) is 0 Å². The van der Waals surface area contributed by atoms with Gasteiger partial charge in [0.25, 0.3) is 0 Å². The normalized spacial score (nSPS) is 21.6. The van der Waals surface area contributed by atoms with Crippen molar-refractivity contribution < 1.29 is 0 Å². The van der Waals surface area contributed by atoms with E-state index in [4.69, 9.17) is 0 Å². The molecule has 1 aliphatic rings. The van der Waals surface area contributed by atoms with Crippen molar-refractivity contribution in [2.75, 3.05) is 0 Å². The van der Waals surface area contributed by atoms with Gasteiger partial charge in [-0.15, -0.1) is 0 Å². The maximum absolute atomic E-state index is 3.70. The Morgan fingerprint density at radius 1 is 0.591 bits per heavy atom. The smallest absolute Gasteiger partial charge is 0.0208 e. The molecular weight excluding hydrogens is 268 g/mol. The van der Waals surface area contributed by atoms with Gasteiger partial charge in [0.05, 0.1) is 0 Å². The molecular formula is C20H26N2. The lowest BCUT2D eigenvalue weighted by atomic mass is 9.91. The summed E-state index contributed by atoms with van der Waals surface area (Å²) in [5.74, 6) is 0. The van der Waals surface area contributed by atoms with Crippen LogP contribution in [0.1, 0.15) is 36.8 Å². The Hall–Kier alpha value is -1.64. The zero-order chi connectivity index (χ0) is 15.0. The Balaban J connectivity index is 1.35. The molecule has 0 aliphatic heterocycles. The standard InChI is InChI=1S/C20H26N2/c1-3-7-17(8-4-1)15-21-19-11-13-20(14-12-19)22-16-18-9-5-2-6-10-18/h1-10,19-22H,11-16H2. The quantitative estimate of drug-likeness (QED) is 0.845. The van der Waals surface area contributed by atoms with Crippen molar-refractivity contribution in [3.05, 3.63) is 71.8 Å². The summed E-state index contributed by atoms with van der Waals surface area (Å²) in [6, 6.07) is 22.7. The molecule has 1 aliphatic carbocycles. The summed E-state index contributed by atoms with van der Waals surface area (Å²) >= 11 is 0. The molecule has 2 aromatic carbocycles. The van der Waals surface area contributed by atoms with Gasteiger partial charge in [-0.05, 0) is 36.8 Å². The van der Waals surface area contributed by atoms with Crippen LogP contribution in [0.15, 0.2) is 60.7 Å². The van der Waals surface area contributed by atoms with Crippen molar-refractivity contribution in [3.8, 4) is 0 Å². The number of benzene rings is 2. The average Bonchev–Trinajstić information content (AvgIpc) is 2.61. The fourth-order valence-corrected chi connectivity index (χ4v) is 3.22. The number of nitrogens with one attached hydrogen (secondary N) is 2. The lowest BCUT2D eigenvalue weighted by molar-refractivity contribution is 0.305. The van der Waals surface area contributed by atoms with Crippen molar-refractivity contribution >= 4 is 0 Å². The Morgan fingerprint density at radius 3 is 1.32 bits per heavy atom. The highest BCUT2D eigenvalue weighted by Gasteiger charge is 2.20. The van der Waals surface area contributed by atoms with Crippen LogP contribution in [-0.4, -0.2) is 12.1 Å². The van der Waals surface area contributed by atoms with Crippen LogP contribution >= 0.6 is 0 Å². The predicted molar refractivity (Wildman–Crippen MR) is 92.6 cm³/mol. The van der Waals surface area contributed by atoms with E-state index in [1.165, 1.54) is 36.8 Å². The molecule has 0 spiro atoms. The first-order valence-electron chi connectivity index (χ1n) is 8.45. The van der Waals surface area contributed by atoms with Crippen LogP contribution < -0.4 is 10.6 Å².